The Kier molecular flexibility index (Phi) is 5.98. The highest BCUT2D eigenvalue weighted by atomic mass is 16.6. The third-order valence-electron chi connectivity index (χ3n) is 4.57. The summed E-state index contributed by atoms with van der Waals surface area (Å²) in [6.07, 6.45) is -0.771. The van der Waals surface area contributed by atoms with Gasteiger partial charge < -0.3 is 25.0 Å². The average molecular weight is 371 g/mol. The number of fused-ring (bicyclic) bond motifs is 1. The Balaban J connectivity index is 1.54. The zero-order valence-electron chi connectivity index (χ0n) is 15.5. The zero-order chi connectivity index (χ0) is 19.4. The van der Waals surface area contributed by atoms with E-state index in [1.165, 1.54) is 0 Å². The molecule has 0 aromatic heterocycles. The van der Waals surface area contributed by atoms with Crippen LogP contribution in [0.3, 0.4) is 0 Å². The van der Waals surface area contributed by atoms with E-state index < -0.39 is 18.2 Å². The van der Waals surface area contributed by atoms with Crippen molar-refractivity contribution in [3.8, 4) is 11.5 Å². The first-order chi connectivity index (χ1) is 12.9. The monoisotopic (exact) mass is 371 g/mol. The van der Waals surface area contributed by atoms with Crippen LogP contribution in [0, 0.1) is 6.92 Å². The Morgan fingerprint density at radius 3 is 2.81 bits per heavy atom. The zero-order valence-corrected chi connectivity index (χ0v) is 15.5. The summed E-state index contributed by atoms with van der Waals surface area (Å²) in [5.41, 5.74) is 3.08. The predicted octanol–water partition coefficient (Wildman–Crippen LogP) is 2.47. The van der Waals surface area contributed by atoms with Crippen LogP contribution in [0.4, 0.5) is 0 Å². The molecule has 0 bridgehead atoms. The van der Waals surface area contributed by atoms with Crippen LogP contribution < -0.4 is 14.8 Å². The summed E-state index contributed by atoms with van der Waals surface area (Å²) in [6, 6.07) is 13.5. The molecule has 1 heterocycles. The topological polar surface area (TPSA) is 88.0 Å². The van der Waals surface area contributed by atoms with Gasteiger partial charge in [0.1, 0.15) is 6.61 Å². The lowest BCUT2D eigenvalue weighted by molar-refractivity contribution is -0.147. The summed E-state index contributed by atoms with van der Waals surface area (Å²) in [7, 11) is 0. The number of benzene rings is 2. The van der Waals surface area contributed by atoms with Crippen LogP contribution >= 0.6 is 0 Å². The first kappa shape index (κ1) is 19.2. The molecule has 6 nitrogen and oxygen atoms in total. The molecule has 0 aliphatic carbocycles. The van der Waals surface area contributed by atoms with Crippen molar-refractivity contribution in [1.82, 2.24) is 5.32 Å². The lowest BCUT2D eigenvalue weighted by Crippen LogP contribution is -2.36. The molecule has 0 fully saturated rings. The van der Waals surface area contributed by atoms with E-state index in [-0.39, 0.29) is 12.6 Å². The third-order valence-corrected chi connectivity index (χ3v) is 4.57. The van der Waals surface area contributed by atoms with Gasteiger partial charge in [0.05, 0.1) is 6.10 Å². The van der Waals surface area contributed by atoms with E-state index in [2.05, 4.69) is 12.2 Å². The lowest BCUT2D eigenvalue weighted by Gasteiger charge is -2.24. The SMILES string of the molecule is Cc1cccc([C@@H](O)CN[C@H](C)Cc2ccc3c(c2)OC[C@H](C(=O)O)O3)c1. The number of aliphatic carboxylic acids is 1. The molecule has 1 aliphatic rings. The lowest BCUT2D eigenvalue weighted by atomic mass is 10.0. The van der Waals surface area contributed by atoms with Gasteiger partial charge in [0.2, 0.25) is 6.10 Å². The Bertz CT molecular complexity index is 807. The summed E-state index contributed by atoms with van der Waals surface area (Å²) in [6.45, 7) is 4.53. The molecular formula is C21H25NO5. The quantitative estimate of drug-likeness (QED) is 0.693. The Morgan fingerprint density at radius 1 is 1.26 bits per heavy atom. The molecule has 0 saturated heterocycles. The Labute approximate surface area is 158 Å². The number of carboxylic acids is 1. The summed E-state index contributed by atoms with van der Waals surface area (Å²) >= 11 is 0. The maximum absolute atomic E-state index is 11.0. The molecule has 0 spiro atoms. The molecule has 0 unspecified atom stereocenters. The number of carboxylic acid groups (broad SMARTS) is 1. The number of aliphatic hydroxyl groups is 1. The minimum absolute atomic E-state index is 0.00226. The molecule has 27 heavy (non-hydrogen) atoms. The maximum atomic E-state index is 11.0. The fourth-order valence-electron chi connectivity index (χ4n) is 3.10. The maximum Gasteiger partial charge on any atom is 0.348 e. The molecule has 0 amide bonds. The molecule has 3 N–H and O–H groups in total. The van der Waals surface area contributed by atoms with Gasteiger partial charge in [-0.3, -0.25) is 0 Å². The minimum Gasteiger partial charge on any atom is -0.485 e. The number of aryl methyl sites for hydroxylation is 1. The summed E-state index contributed by atoms with van der Waals surface area (Å²) < 4.78 is 10.9. The summed E-state index contributed by atoms with van der Waals surface area (Å²) in [5.74, 6) is -0.0143. The van der Waals surface area contributed by atoms with Gasteiger partial charge in [-0.25, -0.2) is 4.79 Å². The van der Waals surface area contributed by atoms with Crippen molar-refractivity contribution >= 4 is 5.97 Å². The second kappa shape index (κ2) is 8.41. The van der Waals surface area contributed by atoms with Crippen LogP contribution in [0.2, 0.25) is 0 Å². The standard InChI is InChI=1S/C21H25NO5/c1-13-4-3-5-16(8-13)17(23)11-22-14(2)9-15-6-7-18-19(10-15)26-12-20(27-18)21(24)25/h3-8,10,14,17,20,22-23H,9,11-12H2,1-2H3,(H,24,25)/t14-,17+,20-/m1/s1. The number of carbonyl (C=O) groups is 1. The molecule has 144 valence electrons. The highest BCUT2D eigenvalue weighted by molar-refractivity contribution is 5.73. The molecule has 0 saturated carbocycles. The second-order valence-corrected chi connectivity index (χ2v) is 6.98. The van der Waals surface area contributed by atoms with Gasteiger partial charge in [-0.15, -0.1) is 0 Å². The second-order valence-electron chi connectivity index (χ2n) is 6.98. The van der Waals surface area contributed by atoms with Crippen LogP contribution in [0.5, 0.6) is 11.5 Å². The van der Waals surface area contributed by atoms with Gasteiger partial charge in [0.15, 0.2) is 11.5 Å². The molecular weight excluding hydrogens is 346 g/mol. The van der Waals surface area contributed by atoms with E-state index in [0.717, 1.165) is 23.1 Å². The highest BCUT2D eigenvalue weighted by Gasteiger charge is 2.27. The van der Waals surface area contributed by atoms with E-state index in [9.17, 15) is 9.90 Å². The van der Waals surface area contributed by atoms with E-state index in [1.54, 1.807) is 6.07 Å². The van der Waals surface area contributed by atoms with Gasteiger partial charge in [0, 0.05) is 12.6 Å². The van der Waals surface area contributed by atoms with E-state index >= 15 is 0 Å². The van der Waals surface area contributed by atoms with Gasteiger partial charge in [-0.05, 0) is 43.5 Å². The fraction of sp³-hybridized carbons (Fsp3) is 0.381. The van der Waals surface area contributed by atoms with Crippen LogP contribution in [-0.2, 0) is 11.2 Å². The smallest absolute Gasteiger partial charge is 0.348 e. The first-order valence-corrected chi connectivity index (χ1v) is 9.05. The van der Waals surface area contributed by atoms with Crippen molar-refractivity contribution in [2.24, 2.45) is 0 Å². The Morgan fingerprint density at radius 2 is 2.07 bits per heavy atom. The largest absolute Gasteiger partial charge is 0.485 e. The van der Waals surface area contributed by atoms with Gasteiger partial charge in [0.25, 0.3) is 0 Å². The number of ether oxygens (including phenoxy) is 2. The fourth-order valence-corrected chi connectivity index (χ4v) is 3.10. The van der Waals surface area contributed by atoms with Crippen LogP contribution in [0.15, 0.2) is 42.5 Å². The van der Waals surface area contributed by atoms with Crippen LogP contribution in [-0.4, -0.2) is 41.5 Å². The van der Waals surface area contributed by atoms with Crippen molar-refractivity contribution in [3.05, 3.63) is 59.2 Å². The predicted molar refractivity (Wildman–Crippen MR) is 101 cm³/mol. The number of hydrogen-bond donors (Lipinski definition) is 3. The number of nitrogens with one attached hydrogen (secondary N) is 1. The average Bonchev–Trinajstić information content (AvgIpc) is 2.65. The summed E-state index contributed by atoms with van der Waals surface area (Å²) in [4.78, 5) is 11.0. The van der Waals surface area contributed by atoms with Gasteiger partial charge in [-0.1, -0.05) is 35.9 Å². The van der Waals surface area contributed by atoms with Gasteiger partial charge >= 0.3 is 5.97 Å². The molecule has 2 aromatic carbocycles. The highest BCUT2D eigenvalue weighted by Crippen LogP contribution is 2.33. The molecule has 0 radical (unpaired) electrons. The van der Waals surface area contributed by atoms with E-state index in [1.807, 2.05) is 43.3 Å². The number of rotatable bonds is 7. The van der Waals surface area contributed by atoms with Crippen molar-refractivity contribution < 1.29 is 24.5 Å². The van der Waals surface area contributed by atoms with E-state index in [4.69, 9.17) is 14.6 Å². The van der Waals surface area contributed by atoms with Crippen molar-refractivity contribution in [3.63, 3.8) is 0 Å². The Hall–Kier alpha value is -2.57. The molecule has 3 atom stereocenters. The van der Waals surface area contributed by atoms with Crippen LogP contribution in [0.1, 0.15) is 29.7 Å². The summed E-state index contributed by atoms with van der Waals surface area (Å²) in [5, 5.41) is 22.7. The molecule has 3 rings (SSSR count). The normalized spacial score (nSPS) is 18.0. The first-order valence-electron chi connectivity index (χ1n) is 9.05. The minimum atomic E-state index is -1.03. The molecule has 1 aliphatic heterocycles. The third kappa shape index (κ3) is 4.99. The van der Waals surface area contributed by atoms with Crippen molar-refractivity contribution in [1.29, 1.82) is 0 Å². The van der Waals surface area contributed by atoms with Gasteiger partial charge in [-0.2, -0.15) is 0 Å². The van der Waals surface area contributed by atoms with Crippen LogP contribution in [0.25, 0.3) is 0 Å². The molecule has 6 heteroatoms. The van der Waals surface area contributed by atoms with E-state index in [0.29, 0.717) is 18.0 Å². The molecule has 2 aromatic rings. The number of aliphatic hydroxyl groups excluding tert-OH is 1. The van der Waals surface area contributed by atoms with Crippen molar-refractivity contribution in [2.45, 2.75) is 38.5 Å². The van der Waals surface area contributed by atoms with Crippen molar-refractivity contribution in [2.75, 3.05) is 13.2 Å². The number of hydrogen-bond acceptors (Lipinski definition) is 5.